The van der Waals surface area contributed by atoms with Crippen molar-refractivity contribution in [3.63, 3.8) is 0 Å². The van der Waals surface area contributed by atoms with Crippen LogP contribution in [0.25, 0.3) is 66.2 Å². The molecule has 0 N–H and O–H groups in total. The van der Waals surface area contributed by atoms with Gasteiger partial charge in [-0.1, -0.05) is 135 Å². The fourth-order valence-electron chi connectivity index (χ4n) is 9.23. The molecule has 11 aromatic rings. The van der Waals surface area contributed by atoms with E-state index in [9.17, 15) is 0 Å². The van der Waals surface area contributed by atoms with Crippen molar-refractivity contribution >= 4 is 66.4 Å². The number of benzene rings is 8. The van der Waals surface area contributed by atoms with Gasteiger partial charge < -0.3 is 23.7 Å². The van der Waals surface area contributed by atoms with Crippen molar-refractivity contribution in [2.45, 2.75) is 26.2 Å². The zero-order valence-electron chi connectivity index (χ0n) is 36.0. The van der Waals surface area contributed by atoms with Gasteiger partial charge in [0.25, 0.3) is 0 Å². The van der Waals surface area contributed by atoms with Crippen LogP contribution in [0, 0.1) is 18.8 Å². The third-order valence-corrected chi connectivity index (χ3v) is 12.4. The summed E-state index contributed by atoms with van der Waals surface area (Å²) < 4.78 is 11.4. The van der Waals surface area contributed by atoms with Gasteiger partial charge in [0.15, 0.2) is 0 Å². The average Bonchev–Trinajstić information content (AvgIpc) is 3.99. The van der Waals surface area contributed by atoms with E-state index in [0.29, 0.717) is 11.5 Å². The van der Waals surface area contributed by atoms with Crippen molar-refractivity contribution < 1.29 is 25.8 Å². The van der Waals surface area contributed by atoms with Crippen LogP contribution in [0.1, 0.15) is 26.3 Å². The molecule has 0 saturated heterocycles. The molecule has 3 aromatic heterocycles. The molecule has 7 heteroatoms. The molecule has 0 bridgehead atoms. The summed E-state index contributed by atoms with van der Waals surface area (Å²) in [5.74, 6) is 2.00. The fourth-order valence-corrected chi connectivity index (χ4v) is 9.23. The molecular weight excluding hydrogens is 978 g/mol. The van der Waals surface area contributed by atoms with E-state index in [1.165, 1.54) is 0 Å². The summed E-state index contributed by atoms with van der Waals surface area (Å²) in [5, 5.41) is 4.42. The van der Waals surface area contributed by atoms with Crippen molar-refractivity contribution in [3.8, 4) is 34.1 Å². The fraction of sp³-hybridized carbons (Fsp3) is 0.0690. The Kier molecular flexibility index (Phi) is 9.93. The van der Waals surface area contributed by atoms with E-state index in [1.807, 2.05) is 18.3 Å². The molecular formula is C58H42N5OPt-3. The summed E-state index contributed by atoms with van der Waals surface area (Å²) in [5.41, 5.74) is 12.6. The van der Waals surface area contributed by atoms with Gasteiger partial charge in [-0.05, 0) is 70.5 Å². The van der Waals surface area contributed by atoms with Crippen LogP contribution in [0.3, 0.4) is 0 Å². The van der Waals surface area contributed by atoms with Gasteiger partial charge in [0.05, 0.1) is 11.0 Å². The monoisotopic (exact) mass is 1020 g/mol. The summed E-state index contributed by atoms with van der Waals surface area (Å²) in [4.78, 5) is 9.64. The molecule has 12 rings (SSSR count). The van der Waals surface area contributed by atoms with Gasteiger partial charge in [0.1, 0.15) is 5.82 Å². The van der Waals surface area contributed by atoms with Gasteiger partial charge in [0.2, 0.25) is 0 Å². The van der Waals surface area contributed by atoms with E-state index in [2.05, 4.69) is 234 Å². The smallest absolute Gasteiger partial charge is 0.137 e. The van der Waals surface area contributed by atoms with Crippen LogP contribution in [0.15, 0.2) is 194 Å². The van der Waals surface area contributed by atoms with Gasteiger partial charge in [-0.3, -0.25) is 0 Å². The van der Waals surface area contributed by atoms with Crippen LogP contribution < -0.4 is 14.5 Å². The number of ether oxygens (including phenoxy) is 1. The Bertz CT molecular complexity index is 3560. The minimum Gasteiger partial charge on any atom is -0.509 e. The Morgan fingerprint density at radius 3 is 1.91 bits per heavy atom. The second-order valence-electron chi connectivity index (χ2n) is 17.4. The standard InChI is InChI=1S/C58H42N5O.Pt/c1-58(2,3)41-32-44(61-38-60(42-19-9-5-10-20-42)53-25-15-16-26-54(53)61)34-46(33-41)64-45-28-29-48-49-31-40(39-17-7-4-8-18-39)27-30-52(49)63(55(48)35-45)57-36-56-50(37-59-57)47-23-13-14-24-51(47)62(56)43-21-11-6-12-22-43;/h4-33,36-38H,1-3H3;/q-3;. The minimum absolute atomic E-state index is 0. The minimum atomic E-state index is -0.163. The number of hydrogen-bond acceptors (Lipinski definition) is 4. The molecule has 1 aliphatic heterocycles. The van der Waals surface area contributed by atoms with Crippen molar-refractivity contribution in [1.82, 2.24) is 14.1 Å². The molecule has 0 unspecified atom stereocenters. The first-order valence-electron chi connectivity index (χ1n) is 21.7. The first kappa shape index (κ1) is 40.4. The first-order valence-corrected chi connectivity index (χ1v) is 21.7. The normalized spacial score (nSPS) is 12.6. The second kappa shape index (κ2) is 16.0. The van der Waals surface area contributed by atoms with E-state index in [1.54, 1.807) is 0 Å². The maximum Gasteiger partial charge on any atom is 0.137 e. The number of aromatic nitrogens is 3. The Balaban J connectivity index is 0.00000469. The molecule has 65 heavy (non-hydrogen) atoms. The molecule has 0 radical (unpaired) electrons. The zero-order chi connectivity index (χ0) is 42.9. The summed E-state index contributed by atoms with van der Waals surface area (Å²) in [6.45, 7) is 8.84. The molecule has 0 fully saturated rings. The Morgan fingerprint density at radius 2 is 1.15 bits per heavy atom. The third kappa shape index (κ3) is 6.97. The number of anilines is 4. The van der Waals surface area contributed by atoms with Gasteiger partial charge in [0, 0.05) is 83.9 Å². The molecule has 0 aliphatic carbocycles. The van der Waals surface area contributed by atoms with Crippen LogP contribution in [-0.2, 0) is 26.5 Å². The average molecular weight is 1020 g/mol. The van der Waals surface area contributed by atoms with Crippen molar-refractivity contribution in [1.29, 1.82) is 0 Å². The van der Waals surface area contributed by atoms with E-state index in [0.717, 1.165) is 94.6 Å². The van der Waals surface area contributed by atoms with E-state index < -0.39 is 0 Å². The molecule has 0 amide bonds. The predicted molar refractivity (Wildman–Crippen MR) is 263 cm³/mol. The van der Waals surface area contributed by atoms with Crippen molar-refractivity contribution in [3.05, 3.63) is 219 Å². The second-order valence-corrected chi connectivity index (χ2v) is 17.4. The topological polar surface area (TPSA) is 38.5 Å². The number of pyridine rings is 1. The summed E-state index contributed by atoms with van der Waals surface area (Å²) in [6.07, 6.45) is 2.02. The first-order chi connectivity index (χ1) is 31.4. The van der Waals surface area contributed by atoms with E-state index >= 15 is 0 Å². The Morgan fingerprint density at radius 1 is 0.492 bits per heavy atom. The molecule has 0 spiro atoms. The summed E-state index contributed by atoms with van der Waals surface area (Å²) >= 11 is 0. The van der Waals surface area contributed by atoms with E-state index in [-0.39, 0.29) is 26.5 Å². The van der Waals surface area contributed by atoms with Crippen LogP contribution >= 0.6 is 0 Å². The predicted octanol–water partition coefficient (Wildman–Crippen LogP) is 15.0. The van der Waals surface area contributed by atoms with Crippen molar-refractivity contribution in [2.24, 2.45) is 0 Å². The van der Waals surface area contributed by atoms with Crippen LogP contribution in [-0.4, -0.2) is 14.1 Å². The number of hydrogen-bond donors (Lipinski definition) is 0. The van der Waals surface area contributed by atoms with Crippen LogP contribution in [0.2, 0.25) is 0 Å². The van der Waals surface area contributed by atoms with E-state index in [4.69, 9.17) is 9.72 Å². The molecule has 6 nitrogen and oxygen atoms in total. The third-order valence-electron chi connectivity index (χ3n) is 12.4. The van der Waals surface area contributed by atoms with Gasteiger partial charge in [-0.2, -0.15) is 6.07 Å². The van der Waals surface area contributed by atoms with Crippen molar-refractivity contribution in [2.75, 3.05) is 9.80 Å². The number of para-hydroxylation sites is 5. The molecule has 1 aliphatic rings. The molecule has 318 valence electrons. The molecule has 4 heterocycles. The molecule has 0 atom stereocenters. The summed E-state index contributed by atoms with van der Waals surface area (Å²) in [6, 6.07) is 73.4. The SMILES string of the molecule is CC(C)(C)c1cc(Oc2[c-]c3c(cc2)c2cc(-c4ccccc4)ccc2n3-c2cc3c(cn2)c2ccccc2n3-c2ccccc2)[c-]c(N2[CH-]N(c3ccccc3)c3ccccc32)c1.[Pt]. The zero-order valence-corrected chi connectivity index (χ0v) is 38.3. The number of nitrogens with zero attached hydrogens (tertiary/aromatic N) is 5. The Labute approximate surface area is 392 Å². The molecule has 8 aromatic carbocycles. The maximum atomic E-state index is 6.89. The number of fused-ring (bicyclic) bond motifs is 7. The quantitative estimate of drug-likeness (QED) is 0.149. The van der Waals surface area contributed by atoms with Crippen LogP contribution in [0.4, 0.5) is 22.7 Å². The van der Waals surface area contributed by atoms with Gasteiger partial charge >= 0.3 is 0 Å². The van der Waals surface area contributed by atoms with Gasteiger partial charge in [-0.25, -0.2) is 4.98 Å². The Hall–Kier alpha value is -7.40. The van der Waals surface area contributed by atoms with Gasteiger partial charge in [-0.15, -0.1) is 53.6 Å². The van der Waals surface area contributed by atoms with Crippen LogP contribution in [0.5, 0.6) is 11.5 Å². The largest absolute Gasteiger partial charge is 0.509 e. The number of rotatable bonds is 7. The molecule has 0 saturated carbocycles. The summed E-state index contributed by atoms with van der Waals surface area (Å²) in [7, 11) is 0. The maximum absolute atomic E-state index is 6.89.